The summed E-state index contributed by atoms with van der Waals surface area (Å²) in [4.78, 5) is 18.9. The van der Waals surface area contributed by atoms with Gasteiger partial charge in [0, 0.05) is 32.4 Å². The standard InChI is InChI=1S/C15H21N5O2.ClH/c1-10-13(15(21)20-6-4-5-12(9-20)16-2)18-14(22-10)11-7-17-19(3)8-11;/h7-8,12,16H,4-6,9H2,1-3H3;1H. The van der Waals surface area contributed by atoms with Crippen LogP contribution in [0, 0.1) is 6.92 Å². The van der Waals surface area contributed by atoms with Crippen LogP contribution in [0.4, 0.5) is 0 Å². The van der Waals surface area contributed by atoms with Gasteiger partial charge in [-0.2, -0.15) is 5.10 Å². The first-order valence-electron chi connectivity index (χ1n) is 7.51. The summed E-state index contributed by atoms with van der Waals surface area (Å²) in [6, 6.07) is 0.350. The first kappa shape index (κ1) is 17.5. The number of hydrogen-bond acceptors (Lipinski definition) is 5. The molecule has 126 valence electrons. The molecule has 0 radical (unpaired) electrons. The van der Waals surface area contributed by atoms with Crippen LogP contribution in [0.15, 0.2) is 16.8 Å². The number of likely N-dealkylation sites (N-methyl/N-ethyl adjacent to an activating group) is 1. The highest BCUT2D eigenvalue weighted by Crippen LogP contribution is 2.23. The van der Waals surface area contributed by atoms with Crippen LogP contribution in [-0.2, 0) is 7.05 Å². The maximum atomic E-state index is 12.7. The van der Waals surface area contributed by atoms with Crippen molar-refractivity contribution in [1.29, 1.82) is 0 Å². The summed E-state index contributed by atoms with van der Waals surface area (Å²) in [5.74, 6) is 0.933. The lowest BCUT2D eigenvalue weighted by Gasteiger charge is -2.32. The van der Waals surface area contributed by atoms with Crippen LogP contribution >= 0.6 is 12.4 Å². The molecule has 2 aromatic rings. The van der Waals surface area contributed by atoms with E-state index in [1.807, 2.05) is 25.2 Å². The fourth-order valence-electron chi connectivity index (χ4n) is 2.80. The minimum atomic E-state index is -0.0589. The molecule has 3 rings (SSSR count). The highest BCUT2D eigenvalue weighted by molar-refractivity contribution is 5.93. The van der Waals surface area contributed by atoms with Crippen LogP contribution in [-0.4, -0.2) is 51.8 Å². The SMILES string of the molecule is CNC1CCCN(C(=O)c2nc(-c3cnn(C)c3)oc2C)C1.Cl. The molecule has 7 nitrogen and oxygen atoms in total. The summed E-state index contributed by atoms with van der Waals surface area (Å²) in [5, 5.41) is 7.34. The number of likely N-dealkylation sites (tertiary alicyclic amines) is 1. The van der Waals surface area contributed by atoms with Crippen molar-refractivity contribution in [1.82, 2.24) is 25.0 Å². The number of aromatic nitrogens is 3. The van der Waals surface area contributed by atoms with Crippen molar-refractivity contribution in [2.24, 2.45) is 7.05 Å². The Bertz CT molecular complexity index is 681. The number of rotatable bonds is 3. The number of piperidine rings is 1. The molecule has 3 heterocycles. The van der Waals surface area contributed by atoms with E-state index in [0.29, 0.717) is 29.9 Å². The average Bonchev–Trinajstić information content (AvgIpc) is 3.12. The molecule has 0 saturated carbocycles. The van der Waals surface area contributed by atoms with E-state index in [4.69, 9.17) is 4.42 Å². The molecular weight excluding hydrogens is 318 g/mol. The van der Waals surface area contributed by atoms with Crippen LogP contribution in [0.1, 0.15) is 29.1 Å². The third-order valence-electron chi connectivity index (χ3n) is 4.07. The van der Waals surface area contributed by atoms with Crippen molar-refractivity contribution in [2.45, 2.75) is 25.8 Å². The molecule has 1 unspecified atom stereocenters. The average molecular weight is 340 g/mol. The molecule has 1 aliphatic rings. The molecule has 0 spiro atoms. The summed E-state index contributed by atoms with van der Waals surface area (Å²) in [6.45, 7) is 3.26. The van der Waals surface area contributed by atoms with Gasteiger partial charge < -0.3 is 14.6 Å². The monoisotopic (exact) mass is 339 g/mol. The lowest BCUT2D eigenvalue weighted by Crippen LogP contribution is -2.47. The van der Waals surface area contributed by atoms with E-state index in [9.17, 15) is 4.79 Å². The van der Waals surface area contributed by atoms with E-state index < -0.39 is 0 Å². The summed E-state index contributed by atoms with van der Waals surface area (Å²) >= 11 is 0. The predicted octanol–water partition coefficient (Wildman–Crippen LogP) is 1.63. The van der Waals surface area contributed by atoms with Gasteiger partial charge in [0.2, 0.25) is 5.89 Å². The Hall–Kier alpha value is -1.86. The Balaban J connectivity index is 0.00000192. The number of hydrogen-bond donors (Lipinski definition) is 1. The number of halogens is 1. The number of carbonyl (C=O) groups excluding carboxylic acids is 1. The molecule has 0 aromatic carbocycles. The number of nitrogens with one attached hydrogen (secondary N) is 1. The van der Waals surface area contributed by atoms with E-state index in [1.165, 1.54) is 0 Å². The highest BCUT2D eigenvalue weighted by atomic mass is 35.5. The van der Waals surface area contributed by atoms with Gasteiger partial charge in [-0.3, -0.25) is 9.48 Å². The molecule has 1 amide bonds. The fourth-order valence-corrected chi connectivity index (χ4v) is 2.80. The minimum absolute atomic E-state index is 0. The molecule has 1 aliphatic heterocycles. The summed E-state index contributed by atoms with van der Waals surface area (Å²) in [7, 11) is 3.76. The van der Waals surface area contributed by atoms with Crippen molar-refractivity contribution >= 4 is 18.3 Å². The van der Waals surface area contributed by atoms with Crippen molar-refractivity contribution < 1.29 is 9.21 Å². The third-order valence-corrected chi connectivity index (χ3v) is 4.07. The molecule has 1 N–H and O–H groups in total. The van der Waals surface area contributed by atoms with Gasteiger partial charge in [0.05, 0.1) is 11.8 Å². The lowest BCUT2D eigenvalue weighted by atomic mass is 10.1. The first-order chi connectivity index (χ1) is 10.6. The van der Waals surface area contributed by atoms with Gasteiger partial charge in [-0.1, -0.05) is 0 Å². The van der Waals surface area contributed by atoms with Crippen LogP contribution in [0.2, 0.25) is 0 Å². The zero-order chi connectivity index (χ0) is 15.7. The molecule has 1 saturated heterocycles. The minimum Gasteiger partial charge on any atom is -0.440 e. The molecule has 1 fully saturated rings. The zero-order valence-electron chi connectivity index (χ0n) is 13.6. The van der Waals surface area contributed by atoms with E-state index in [2.05, 4.69) is 15.4 Å². The second-order valence-electron chi connectivity index (χ2n) is 5.71. The molecular formula is C15H22ClN5O2. The maximum Gasteiger partial charge on any atom is 0.276 e. The molecule has 0 aliphatic carbocycles. The van der Waals surface area contributed by atoms with Gasteiger partial charge in [0.25, 0.3) is 5.91 Å². The molecule has 23 heavy (non-hydrogen) atoms. The van der Waals surface area contributed by atoms with E-state index in [1.54, 1.807) is 17.8 Å². The number of aryl methyl sites for hydroxylation is 2. The second-order valence-corrected chi connectivity index (χ2v) is 5.71. The molecule has 8 heteroatoms. The Labute approximate surface area is 141 Å². The van der Waals surface area contributed by atoms with Crippen LogP contribution in [0.25, 0.3) is 11.5 Å². The largest absolute Gasteiger partial charge is 0.440 e. The van der Waals surface area contributed by atoms with Gasteiger partial charge in [-0.15, -0.1) is 12.4 Å². The number of carbonyl (C=O) groups is 1. The van der Waals surface area contributed by atoms with Crippen molar-refractivity contribution in [3.8, 4) is 11.5 Å². The maximum absolute atomic E-state index is 12.7. The summed E-state index contributed by atoms with van der Waals surface area (Å²) < 4.78 is 7.33. The third kappa shape index (κ3) is 3.56. The quantitative estimate of drug-likeness (QED) is 0.919. The Morgan fingerprint density at radius 1 is 1.48 bits per heavy atom. The van der Waals surface area contributed by atoms with Gasteiger partial charge in [-0.25, -0.2) is 4.98 Å². The molecule has 1 atom stereocenters. The zero-order valence-corrected chi connectivity index (χ0v) is 14.4. The Morgan fingerprint density at radius 3 is 2.91 bits per heavy atom. The van der Waals surface area contributed by atoms with E-state index >= 15 is 0 Å². The van der Waals surface area contributed by atoms with E-state index in [-0.39, 0.29) is 18.3 Å². The van der Waals surface area contributed by atoms with Crippen LogP contribution < -0.4 is 5.32 Å². The Kier molecular flexibility index (Phi) is 5.43. The summed E-state index contributed by atoms with van der Waals surface area (Å²) in [5.41, 5.74) is 1.17. The topological polar surface area (TPSA) is 76.2 Å². The van der Waals surface area contributed by atoms with Gasteiger partial charge in [0.1, 0.15) is 5.76 Å². The second kappa shape index (κ2) is 7.14. The summed E-state index contributed by atoms with van der Waals surface area (Å²) in [6.07, 6.45) is 5.59. The van der Waals surface area contributed by atoms with E-state index in [0.717, 1.165) is 24.9 Å². The fraction of sp³-hybridized carbons (Fsp3) is 0.533. The van der Waals surface area contributed by atoms with Crippen LogP contribution in [0.5, 0.6) is 0 Å². The van der Waals surface area contributed by atoms with Crippen molar-refractivity contribution in [2.75, 3.05) is 20.1 Å². The van der Waals surface area contributed by atoms with Gasteiger partial charge in [-0.05, 0) is 26.8 Å². The van der Waals surface area contributed by atoms with Crippen molar-refractivity contribution in [3.63, 3.8) is 0 Å². The van der Waals surface area contributed by atoms with Crippen molar-refractivity contribution in [3.05, 3.63) is 23.8 Å². The lowest BCUT2D eigenvalue weighted by molar-refractivity contribution is 0.0691. The normalized spacial score (nSPS) is 17.9. The number of nitrogens with zero attached hydrogens (tertiary/aromatic N) is 4. The number of amides is 1. The smallest absolute Gasteiger partial charge is 0.276 e. The predicted molar refractivity (Wildman–Crippen MR) is 88.7 cm³/mol. The van der Waals surface area contributed by atoms with Gasteiger partial charge >= 0.3 is 0 Å². The first-order valence-corrected chi connectivity index (χ1v) is 7.51. The Morgan fingerprint density at radius 2 is 2.26 bits per heavy atom. The highest BCUT2D eigenvalue weighted by Gasteiger charge is 2.27. The van der Waals surface area contributed by atoms with Gasteiger partial charge in [0.15, 0.2) is 5.69 Å². The number of oxazole rings is 1. The van der Waals surface area contributed by atoms with Crippen LogP contribution in [0.3, 0.4) is 0 Å². The molecule has 0 bridgehead atoms. The molecule has 2 aromatic heterocycles.